The zero-order valence-corrected chi connectivity index (χ0v) is 7.94. The summed E-state index contributed by atoms with van der Waals surface area (Å²) in [7, 11) is 0. The van der Waals surface area contributed by atoms with Crippen molar-refractivity contribution in [2.45, 2.75) is 6.92 Å². The SMILES string of the molecule is Cc1cccn2c1nc1ccccc12. The van der Waals surface area contributed by atoms with Gasteiger partial charge in [-0.25, -0.2) is 4.98 Å². The second-order valence-electron chi connectivity index (χ2n) is 3.49. The fraction of sp³-hybridized carbons (Fsp3) is 0.0833. The van der Waals surface area contributed by atoms with Crippen LogP contribution in [-0.2, 0) is 0 Å². The molecule has 0 radical (unpaired) electrons. The Balaban J connectivity index is 2.63. The maximum atomic E-state index is 4.58. The molecule has 2 heteroatoms. The van der Waals surface area contributed by atoms with Gasteiger partial charge in [-0.1, -0.05) is 18.2 Å². The summed E-state index contributed by atoms with van der Waals surface area (Å²) in [6, 6.07) is 12.3. The smallest absolute Gasteiger partial charge is 0.140 e. The lowest BCUT2D eigenvalue weighted by Crippen LogP contribution is -1.85. The molecule has 0 saturated heterocycles. The predicted molar refractivity (Wildman–Crippen MR) is 57.4 cm³/mol. The van der Waals surface area contributed by atoms with Gasteiger partial charge in [0, 0.05) is 6.20 Å². The third kappa shape index (κ3) is 0.880. The predicted octanol–water partition coefficient (Wildman–Crippen LogP) is 2.80. The van der Waals surface area contributed by atoms with Crippen molar-refractivity contribution in [1.82, 2.24) is 9.38 Å². The lowest BCUT2D eigenvalue weighted by molar-refractivity contribution is 1.20. The van der Waals surface area contributed by atoms with E-state index in [0.29, 0.717) is 0 Å². The first-order valence-corrected chi connectivity index (χ1v) is 4.69. The number of rotatable bonds is 0. The van der Waals surface area contributed by atoms with E-state index in [4.69, 9.17) is 0 Å². The minimum Gasteiger partial charge on any atom is -0.299 e. The topological polar surface area (TPSA) is 17.3 Å². The number of aromatic nitrogens is 2. The van der Waals surface area contributed by atoms with E-state index < -0.39 is 0 Å². The van der Waals surface area contributed by atoms with Crippen molar-refractivity contribution in [2.24, 2.45) is 0 Å². The Morgan fingerprint density at radius 1 is 1.07 bits per heavy atom. The van der Waals surface area contributed by atoms with Gasteiger partial charge >= 0.3 is 0 Å². The van der Waals surface area contributed by atoms with Crippen LogP contribution in [0.5, 0.6) is 0 Å². The summed E-state index contributed by atoms with van der Waals surface area (Å²) in [6.45, 7) is 2.08. The summed E-state index contributed by atoms with van der Waals surface area (Å²) >= 11 is 0. The normalized spacial score (nSPS) is 11.2. The van der Waals surface area contributed by atoms with Crippen LogP contribution >= 0.6 is 0 Å². The zero-order valence-electron chi connectivity index (χ0n) is 7.94. The zero-order chi connectivity index (χ0) is 9.54. The first-order valence-electron chi connectivity index (χ1n) is 4.69. The molecule has 68 valence electrons. The van der Waals surface area contributed by atoms with E-state index >= 15 is 0 Å². The molecule has 0 amide bonds. The van der Waals surface area contributed by atoms with Crippen molar-refractivity contribution in [3.05, 3.63) is 48.2 Å². The summed E-state index contributed by atoms with van der Waals surface area (Å²) in [4.78, 5) is 4.58. The number of para-hydroxylation sites is 2. The lowest BCUT2D eigenvalue weighted by atomic mass is 10.3. The molecule has 3 rings (SSSR count). The summed E-state index contributed by atoms with van der Waals surface area (Å²) in [5.74, 6) is 0. The number of benzene rings is 1. The molecular formula is C12H10N2. The highest BCUT2D eigenvalue weighted by atomic mass is 15.0. The van der Waals surface area contributed by atoms with Crippen molar-refractivity contribution < 1.29 is 0 Å². The van der Waals surface area contributed by atoms with E-state index in [1.165, 1.54) is 11.1 Å². The first-order chi connectivity index (χ1) is 6.86. The molecule has 2 aromatic heterocycles. The van der Waals surface area contributed by atoms with Crippen LogP contribution in [0.3, 0.4) is 0 Å². The monoisotopic (exact) mass is 182 g/mol. The average Bonchev–Trinajstić information content (AvgIpc) is 2.59. The van der Waals surface area contributed by atoms with Crippen LogP contribution in [0.25, 0.3) is 16.7 Å². The Morgan fingerprint density at radius 2 is 1.93 bits per heavy atom. The quantitative estimate of drug-likeness (QED) is 0.522. The minimum atomic E-state index is 1.05. The second-order valence-corrected chi connectivity index (χ2v) is 3.49. The van der Waals surface area contributed by atoms with E-state index in [1.807, 2.05) is 18.2 Å². The summed E-state index contributed by atoms with van der Waals surface area (Å²) in [6.07, 6.45) is 2.05. The number of nitrogens with zero attached hydrogens (tertiary/aromatic N) is 2. The van der Waals surface area contributed by atoms with Crippen molar-refractivity contribution >= 4 is 16.7 Å². The Kier molecular flexibility index (Phi) is 1.39. The Labute approximate surface area is 81.8 Å². The molecule has 0 saturated carbocycles. The number of hydrogen-bond donors (Lipinski definition) is 0. The largest absolute Gasteiger partial charge is 0.299 e. The fourth-order valence-electron chi connectivity index (χ4n) is 1.82. The molecule has 0 aliphatic heterocycles. The van der Waals surface area contributed by atoms with E-state index in [0.717, 1.165) is 11.2 Å². The molecule has 0 aliphatic rings. The lowest BCUT2D eigenvalue weighted by Gasteiger charge is -1.96. The minimum absolute atomic E-state index is 1.05. The molecule has 0 fully saturated rings. The fourth-order valence-corrected chi connectivity index (χ4v) is 1.82. The molecule has 0 spiro atoms. The number of imidazole rings is 1. The van der Waals surface area contributed by atoms with Gasteiger partial charge in [-0.15, -0.1) is 0 Å². The molecule has 14 heavy (non-hydrogen) atoms. The van der Waals surface area contributed by atoms with Gasteiger partial charge < -0.3 is 0 Å². The second kappa shape index (κ2) is 2.58. The maximum Gasteiger partial charge on any atom is 0.140 e. The highest BCUT2D eigenvalue weighted by Gasteiger charge is 2.03. The average molecular weight is 182 g/mol. The number of pyridine rings is 1. The van der Waals surface area contributed by atoms with Crippen LogP contribution in [0.4, 0.5) is 0 Å². The first kappa shape index (κ1) is 7.56. The Morgan fingerprint density at radius 3 is 2.86 bits per heavy atom. The van der Waals surface area contributed by atoms with Crippen LogP contribution in [0.15, 0.2) is 42.6 Å². The van der Waals surface area contributed by atoms with Gasteiger partial charge in [0.2, 0.25) is 0 Å². The van der Waals surface area contributed by atoms with Gasteiger partial charge in [-0.2, -0.15) is 0 Å². The number of aryl methyl sites for hydroxylation is 1. The number of fused-ring (bicyclic) bond motifs is 3. The third-order valence-electron chi connectivity index (χ3n) is 2.53. The summed E-state index contributed by atoms with van der Waals surface area (Å²) < 4.78 is 2.13. The molecule has 0 atom stereocenters. The molecule has 2 nitrogen and oxygen atoms in total. The van der Waals surface area contributed by atoms with Gasteiger partial charge in [-0.05, 0) is 30.7 Å². The molecule has 0 N–H and O–H groups in total. The number of hydrogen-bond acceptors (Lipinski definition) is 1. The van der Waals surface area contributed by atoms with E-state index in [1.54, 1.807) is 0 Å². The van der Waals surface area contributed by atoms with Crippen molar-refractivity contribution in [3.8, 4) is 0 Å². The van der Waals surface area contributed by atoms with Crippen LogP contribution in [0.1, 0.15) is 5.56 Å². The van der Waals surface area contributed by atoms with Crippen LogP contribution in [0.2, 0.25) is 0 Å². The van der Waals surface area contributed by atoms with Gasteiger partial charge in [0.15, 0.2) is 0 Å². The van der Waals surface area contributed by atoms with E-state index in [9.17, 15) is 0 Å². The van der Waals surface area contributed by atoms with Gasteiger partial charge in [0.25, 0.3) is 0 Å². The van der Waals surface area contributed by atoms with Crippen molar-refractivity contribution in [1.29, 1.82) is 0 Å². The van der Waals surface area contributed by atoms with Gasteiger partial charge in [0.1, 0.15) is 5.65 Å². The molecular weight excluding hydrogens is 172 g/mol. The van der Waals surface area contributed by atoms with E-state index in [2.05, 4.69) is 40.7 Å². The summed E-state index contributed by atoms with van der Waals surface area (Å²) in [5, 5.41) is 0. The van der Waals surface area contributed by atoms with Crippen LogP contribution in [0, 0.1) is 6.92 Å². The van der Waals surface area contributed by atoms with Gasteiger partial charge in [0.05, 0.1) is 11.0 Å². The Bertz CT molecular complexity index is 608. The van der Waals surface area contributed by atoms with E-state index in [-0.39, 0.29) is 0 Å². The summed E-state index contributed by atoms with van der Waals surface area (Å²) in [5.41, 5.74) is 4.49. The standard InChI is InChI=1S/C12H10N2/c1-9-5-4-8-14-11-7-3-2-6-10(11)13-12(9)14/h2-8H,1H3. The van der Waals surface area contributed by atoms with Crippen LogP contribution < -0.4 is 0 Å². The Hall–Kier alpha value is -1.83. The maximum absolute atomic E-state index is 4.58. The molecule has 0 bridgehead atoms. The third-order valence-corrected chi connectivity index (χ3v) is 2.53. The highest BCUT2D eigenvalue weighted by molar-refractivity contribution is 5.81. The molecule has 3 aromatic rings. The van der Waals surface area contributed by atoms with Gasteiger partial charge in [-0.3, -0.25) is 4.40 Å². The highest BCUT2D eigenvalue weighted by Crippen LogP contribution is 2.17. The van der Waals surface area contributed by atoms with Crippen LogP contribution in [-0.4, -0.2) is 9.38 Å². The van der Waals surface area contributed by atoms with Crippen molar-refractivity contribution in [2.75, 3.05) is 0 Å². The molecule has 2 heterocycles. The molecule has 0 aliphatic carbocycles. The molecule has 1 aromatic carbocycles. The van der Waals surface area contributed by atoms with Crippen molar-refractivity contribution in [3.63, 3.8) is 0 Å². The molecule has 0 unspecified atom stereocenters.